The summed E-state index contributed by atoms with van der Waals surface area (Å²) in [6, 6.07) is 27.9. The molecule has 0 saturated heterocycles. The number of hydrogen-bond donors (Lipinski definition) is 3. The molecule has 0 unspecified atom stereocenters. The van der Waals surface area contributed by atoms with Gasteiger partial charge in [0.15, 0.2) is 11.6 Å². The minimum Gasteiger partial charge on any atom is -0.455 e. The molecule has 9 heteroatoms. The second kappa shape index (κ2) is 11.0. The van der Waals surface area contributed by atoms with Crippen molar-refractivity contribution in [2.75, 3.05) is 10.6 Å². The number of anilines is 2. The van der Waals surface area contributed by atoms with Crippen LogP contribution in [-0.2, 0) is 5.41 Å². The van der Waals surface area contributed by atoms with Gasteiger partial charge < -0.3 is 15.4 Å². The number of nitrogens with zero attached hydrogens (tertiary/aromatic N) is 3. The van der Waals surface area contributed by atoms with E-state index in [0.717, 1.165) is 22.3 Å². The predicted molar refractivity (Wildman–Crippen MR) is 154 cm³/mol. The molecule has 5 aromatic rings. The summed E-state index contributed by atoms with van der Waals surface area (Å²) in [5.41, 5.74) is 4.42. The van der Waals surface area contributed by atoms with E-state index in [1.807, 2.05) is 66.7 Å². The number of ether oxygens (including phenoxy) is 1. The van der Waals surface area contributed by atoms with E-state index in [1.165, 1.54) is 0 Å². The molecule has 2 amide bonds. The molecule has 0 spiro atoms. The summed E-state index contributed by atoms with van der Waals surface area (Å²) in [7, 11) is 0. The highest BCUT2D eigenvalue weighted by atomic mass is 35.5. The van der Waals surface area contributed by atoms with Crippen LogP contribution in [0.25, 0.3) is 22.5 Å². The molecule has 0 fully saturated rings. The molecular weight excluding hydrogens is 512 g/mol. The highest BCUT2D eigenvalue weighted by Crippen LogP contribution is 2.40. The second-order valence-electron chi connectivity index (χ2n) is 9.91. The van der Waals surface area contributed by atoms with Crippen molar-refractivity contribution < 1.29 is 9.53 Å². The first-order chi connectivity index (χ1) is 18.8. The number of halogens is 1. The first-order valence-electron chi connectivity index (χ1n) is 12.4. The van der Waals surface area contributed by atoms with E-state index >= 15 is 0 Å². The van der Waals surface area contributed by atoms with Gasteiger partial charge in [0.1, 0.15) is 5.75 Å². The number of aromatic nitrogens is 4. The lowest BCUT2D eigenvalue weighted by Crippen LogP contribution is -2.20. The summed E-state index contributed by atoms with van der Waals surface area (Å²) in [6.45, 7) is 6.39. The highest BCUT2D eigenvalue weighted by molar-refractivity contribution is 6.33. The van der Waals surface area contributed by atoms with E-state index in [0.29, 0.717) is 33.7 Å². The van der Waals surface area contributed by atoms with Crippen LogP contribution in [0.5, 0.6) is 11.5 Å². The molecule has 8 nitrogen and oxygen atoms in total. The second-order valence-corrected chi connectivity index (χ2v) is 10.3. The normalized spacial score (nSPS) is 11.2. The smallest absolute Gasteiger partial charge is 0.323 e. The number of hydrogen-bond acceptors (Lipinski definition) is 5. The number of H-pyrrole nitrogens is 1. The van der Waals surface area contributed by atoms with Crippen LogP contribution in [-0.4, -0.2) is 26.7 Å². The van der Waals surface area contributed by atoms with Crippen LogP contribution >= 0.6 is 11.6 Å². The van der Waals surface area contributed by atoms with Crippen LogP contribution in [0, 0.1) is 0 Å². The van der Waals surface area contributed by atoms with Crippen molar-refractivity contribution in [1.29, 1.82) is 0 Å². The Hall–Kier alpha value is -4.69. The number of carbonyl (C=O) groups excluding carboxylic acids is 1. The van der Waals surface area contributed by atoms with Gasteiger partial charge in [0, 0.05) is 11.1 Å². The molecule has 0 atom stereocenters. The third-order valence-electron chi connectivity index (χ3n) is 6.10. The van der Waals surface area contributed by atoms with Gasteiger partial charge in [-0.05, 0) is 57.3 Å². The zero-order valence-corrected chi connectivity index (χ0v) is 22.5. The predicted octanol–water partition coefficient (Wildman–Crippen LogP) is 7.92. The molecule has 0 saturated carbocycles. The number of aromatic amines is 1. The van der Waals surface area contributed by atoms with Gasteiger partial charge >= 0.3 is 6.03 Å². The van der Waals surface area contributed by atoms with Gasteiger partial charge in [-0.1, -0.05) is 93.0 Å². The first kappa shape index (κ1) is 25.9. The summed E-state index contributed by atoms with van der Waals surface area (Å²) < 4.78 is 6.43. The van der Waals surface area contributed by atoms with Gasteiger partial charge in [-0.25, -0.2) is 9.89 Å². The average Bonchev–Trinajstić information content (AvgIpc) is 3.46. The number of rotatable bonds is 6. The molecule has 5 rings (SSSR count). The SMILES string of the molecule is CC(C)(C)c1ccccc1Oc1ccc(-c2ccccc2-c2nnn[nH]2)cc1NC(=O)Nc1ccccc1Cl. The molecule has 0 bridgehead atoms. The number of amides is 2. The summed E-state index contributed by atoms with van der Waals surface area (Å²) in [5.74, 6) is 1.74. The van der Waals surface area contributed by atoms with Crippen molar-refractivity contribution in [2.24, 2.45) is 0 Å². The van der Waals surface area contributed by atoms with Gasteiger partial charge in [-0.2, -0.15) is 0 Å². The van der Waals surface area contributed by atoms with Crippen LogP contribution in [0.1, 0.15) is 26.3 Å². The van der Waals surface area contributed by atoms with Gasteiger partial charge in [0.05, 0.1) is 16.4 Å². The zero-order valence-electron chi connectivity index (χ0n) is 21.7. The van der Waals surface area contributed by atoms with Crippen molar-refractivity contribution in [3.8, 4) is 34.0 Å². The lowest BCUT2D eigenvalue weighted by Gasteiger charge is -2.23. The van der Waals surface area contributed by atoms with E-state index < -0.39 is 6.03 Å². The Morgan fingerprint density at radius 1 is 0.821 bits per heavy atom. The molecule has 1 heterocycles. The van der Waals surface area contributed by atoms with Crippen LogP contribution in [0.2, 0.25) is 5.02 Å². The topological polar surface area (TPSA) is 105 Å². The summed E-state index contributed by atoms with van der Waals surface area (Å²) in [5, 5.41) is 20.5. The standard InChI is InChI=1S/C30H27ClN6O2/c1-30(2,3)22-12-6-9-15-26(22)39-27-17-16-19(20-10-4-5-11-21(20)28-34-36-37-35-28)18-25(27)33-29(38)32-24-14-8-7-13-23(24)31/h4-18H,1-3H3,(H2,32,33,38)(H,34,35,36,37). The largest absolute Gasteiger partial charge is 0.455 e. The van der Waals surface area contributed by atoms with Gasteiger partial charge in [-0.3, -0.25) is 0 Å². The van der Waals surface area contributed by atoms with Gasteiger partial charge in [-0.15, -0.1) is 5.10 Å². The van der Waals surface area contributed by atoms with E-state index in [4.69, 9.17) is 16.3 Å². The van der Waals surface area contributed by atoms with Crippen molar-refractivity contribution in [3.63, 3.8) is 0 Å². The number of carbonyl (C=O) groups is 1. The van der Waals surface area contributed by atoms with Crippen molar-refractivity contribution in [2.45, 2.75) is 26.2 Å². The van der Waals surface area contributed by atoms with Crippen LogP contribution in [0.15, 0.2) is 91.0 Å². The summed E-state index contributed by atoms with van der Waals surface area (Å²) in [4.78, 5) is 13.1. The Bertz CT molecular complexity index is 1610. The Balaban J connectivity index is 1.55. The molecule has 0 aliphatic carbocycles. The summed E-state index contributed by atoms with van der Waals surface area (Å²) in [6.07, 6.45) is 0. The quantitative estimate of drug-likeness (QED) is 0.203. The van der Waals surface area contributed by atoms with Crippen LogP contribution < -0.4 is 15.4 Å². The maximum Gasteiger partial charge on any atom is 0.323 e. The Morgan fingerprint density at radius 2 is 1.51 bits per heavy atom. The molecule has 0 aliphatic rings. The minimum absolute atomic E-state index is 0.143. The molecule has 4 aromatic carbocycles. The number of benzene rings is 4. The van der Waals surface area contributed by atoms with Crippen molar-refractivity contribution in [3.05, 3.63) is 102 Å². The monoisotopic (exact) mass is 538 g/mol. The van der Waals surface area contributed by atoms with Gasteiger partial charge in [0.2, 0.25) is 0 Å². The Kier molecular flexibility index (Phi) is 7.29. The fourth-order valence-electron chi connectivity index (χ4n) is 4.23. The molecular formula is C30H27ClN6O2. The fourth-order valence-corrected chi connectivity index (χ4v) is 4.41. The zero-order chi connectivity index (χ0) is 27.4. The molecule has 39 heavy (non-hydrogen) atoms. The maximum absolute atomic E-state index is 13.1. The first-order valence-corrected chi connectivity index (χ1v) is 12.7. The van der Waals surface area contributed by atoms with E-state index in [-0.39, 0.29) is 5.41 Å². The molecule has 3 N–H and O–H groups in total. The Labute approximate surface area is 231 Å². The minimum atomic E-state index is -0.457. The molecule has 196 valence electrons. The van der Waals surface area contributed by atoms with Crippen molar-refractivity contribution in [1.82, 2.24) is 20.6 Å². The van der Waals surface area contributed by atoms with Gasteiger partial charge in [0.25, 0.3) is 0 Å². The van der Waals surface area contributed by atoms with Crippen LogP contribution in [0.4, 0.5) is 16.2 Å². The van der Waals surface area contributed by atoms with Crippen LogP contribution in [0.3, 0.4) is 0 Å². The average molecular weight is 539 g/mol. The third-order valence-corrected chi connectivity index (χ3v) is 6.43. The Morgan fingerprint density at radius 3 is 2.26 bits per heavy atom. The fraction of sp³-hybridized carbons (Fsp3) is 0.133. The van der Waals surface area contributed by atoms with E-state index in [1.54, 1.807) is 24.3 Å². The molecule has 0 radical (unpaired) electrons. The number of para-hydroxylation sites is 2. The highest BCUT2D eigenvalue weighted by Gasteiger charge is 2.21. The van der Waals surface area contributed by atoms with E-state index in [2.05, 4.69) is 52.0 Å². The third kappa shape index (κ3) is 5.91. The lowest BCUT2D eigenvalue weighted by atomic mass is 9.86. The lowest BCUT2D eigenvalue weighted by molar-refractivity contribution is 0.262. The maximum atomic E-state index is 13.1. The molecule has 0 aliphatic heterocycles. The van der Waals surface area contributed by atoms with E-state index in [9.17, 15) is 4.79 Å². The number of nitrogens with one attached hydrogen (secondary N) is 3. The summed E-state index contributed by atoms with van der Waals surface area (Å²) >= 11 is 6.26. The number of tetrazole rings is 1. The molecule has 1 aromatic heterocycles. The van der Waals surface area contributed by atoms with Crippen molar-refractivity contribution >= 4 is 29.0 Å². The number of urea groups is 1.